The number of halogens is 1. The molecule has 0 fully saturated rings. The molecule has 18 heavy (non-hydrogen) atoms. The number of likely N-dealkylation sites (N-methyl/N-ethyl adjacent to an activating group) is 1. The van der Waals surface area contributed by atoms with E-state index >= 15 is 0 Å². The summed E-state index contributed by atoms with van der Waals surface area (Å²) >= 11 is 5.10. The quantitative estimate of drug-likeness (QED) is 0.907. The fourth-order valence-electron chi connectivity index (χ4n) is 1.99. The van der Waals surface area contributed by atoms with Crippen molar-refractivity contribution < 1.29 is 4.42 Å². The molecule has 0 amide bonds. The maximum atomic E-state index is 5.89. The van der Waals surface area contributed by atoms with E-state index in [1.54, 1.807) is 11.3 Å². The standard InChI is InChI=1S/C13H17BrN2OS/c1-9(12-4-3-7-18-12)16(2)10(8-15)11-5-6-13(14)17-11/h3-7,9-10H,8,15H2,1-2H3. The molecule has 0 radical (unpaired) electrons. The number of nitrogens with zero attached hydrogens (tertiary/aromatic N) is 1. The van der Waals surface area contributed by atoms with Gasteiger partial charge in [-0.15, -0.1) is 11.3 Å². The maximum absolute atomic E-state index is 5.89. The predicted molar refractivity (Wildman–Crippen MR) is 78.7 cm³/mol. The molecule has 2 aromatic rings. The maximum Gasteiger partial charge on any atom is 0.169 e. The summed E-state index contributed by atoms with van der Waals surface area (Å²) in [6, 6.07) is 8.51. The Kier molecular flexibility index (Phi) is 4.61. The van der Waals surface area contributed by atoms with Crippen LogP contribution in [0, 0.1) is 0 Å². The van der Waals surface area contributed by atoms with Gasteiger partial charge in [-0.25, -0.2) is 0 Å². The van der Waals surface area contributed by atoms with E-state index < -0.39 is 0 Å². The minimum atomic E-state index is 0.0911. The molecular formula is C13H17BrN2OS. The lowest BCUT2D eigenvalue weighted by molar-refractivity contribution is 0.170. The molecule has 3 nitrogen and oxygen atoms in total. The SMILES string of the molecule is CC(c1cccs1)N(C)C(CN)c1ccc(Br)o1. The number of rotatable bonds is 5. The Morgan fingerprint density at radius 3 is 2.72 bits per heavy atom. The van der Waals surface area contributed by atoms with Crippen LogP contribution in [0.5, 0.6) is 0 Å². The third-order valence-electron chi connectivity index (χ3n) is 3.20. The predicted octanol–water partition coefficient (Wildman–Crippen LogP) is 3.80. The Morgan fingerprint density at radius 2 is 2.22 bits per heavy atom. The largest absolute Gasteiger partial charge is 0.453 e. The summed E-state index contributed by atoms with van der Waals surface area (Å²) in [6.07, 6.45) is 0. The second-order valence-electron chi connectivity index (χ2n) is 4.25. The van der Waals surface area contributed by atoms with Crippen molar-refractivity contribution >= 4 is 27.3 Å². The molecule has 2 N–H and O–H groups in total. The Hall–Kier alpha value is -0.620. The second kappa shape index (κ2) is 6.02. The summed E-state index contributed by atoms with van der Waals surface area (Å²) in [7, 11) is 2.08. The highest BCUT2D eigenvalue weighted by molar-refractivity contribution is 9.10. The third kappa shape index (κ3) is 2.85. The van der Waals surface area contributed by atoms with Crippen molar-refractivity contribution in [1.29, 1.82) is 0 Å². The van der Waals surface area contributed by atoms with Crippen LogP contribution in [0.25, 0.3) is 0 Å². The lowest BCUT2D eigenvalue weighted by Gasteiger charge is -2.30. The number of thiophene rings is 1. The van der Waals surface area contributed by atoms with Gasteiger partial charge in [0.25, 0.3) is 0 Å². The van der Waals surface area contributed by atoms with Gasteiger partial charge in [0.05, 0.1) is 6.04 Å². The van der Waals surface area contributed by atoms with Crippen LogP contribution in [0.15, 0.2) is 38.7 Å². The van der Waals surface area contributed by atoms with Crippen molar-refractivity contribution in [2.24, 2.45) is 5.73 Å². The zero-order chi connectivity index (χ0) is 13.1. The molecule has 2 atom stereocenters. The summed E-state index contributed by atoms with van der Waals surface area (Å²) in [5, 5.41) is 2.10. The average molecular weight is 329 g/mol. The van der Waals surface area contributed by atoms with Crippen molar-refractivity contribution in [3.63, 3.8) is 0 Å². The minimum absolute atomic E-state index is 0.0911. The van der Waals surface area contributed by atoms with Crippen LogP contribution in [-0.2, 0) is 0 Å². The van der Waals surface area contributed by atoms with Gasteiger partial charge >= 0.3 is 0 Å². The van der Waals surface area contributed by atoms with Crippen molar-refractivity contribution in [2.45, 2.75) is 19.0 Å². The Morgan fingerprint density at radius 1 is 1.44 bits per heavy atom. The van der Waals surface area contributed by atoms with Crippen LogP contribution in [0.4, 0.5) is 0 Å². The Balaban J connectivity index is 2.17. The first-order valence-corrected chi connectivity index (χ1v) is 7.51. The van der Waals surface area contributed by atoms with Gasteiger partial charge in [0.1, 0.15) is 5.76 Å². The van der Waals surface area contributed by atoms with E-state index in [4.69, 9.17) is 10.2 Å². The molecule has 0 aromatic carbocycles. The monoisotopic (exact) mass is 328 g/mol. The van der Waals surface area contributed by atoms with Crippen molar-refractivity contribution in [3.05, 3.63) is 45.0 Å². The molecule has 0 aliphatic carbocycles. The van der Waals surface area contributed by atoms with Crippen molar-refractivity contribution in [2.75, 3.05) is 13.6 Å². The van der Waals surface area contributed by atoms with Crippen LogP contribution < -0.4 is 5.73 Å². The molecular weight excluding hydrogens is 312 g/mol. The van der Waals surface area contributed by atoms with Crippen LogP contribution in [0.1, 0.15) is 29.6 Å². The summed E-state index contributed by atoms with van der Waals surface area (Å²) in [6.45, 7) is 2.72. The van der Waals surface area contributed by atoms with Gasteiger partial charge in [-0.3, -0.25) is 4.90 Å². The Bertz CT molecular complexity index is 483. The van der Waals surface area contributed by atoms with Gasteiger partial charge in [0.2, 0.25) is 0 Å². The zero-order valence-corrected chi connectivity index (χ0v) is 12.9. The molecule has 0 spiro atoms. The number of hydrogen-bond donors (Lipinski definition) is 1. The zero-order valence-electron chi connectivity index (χ0n) is 10.5. The van der Waals surface area contributed by atoms with E-state index in [1.807, 2.05) is 12.1 Å². The van der Waals surface area contributed by atoms with E-state index in [9.17, 15) is 0 Å². The van der Waals surface area contributed by atoms with E-state index in [1.165, 1.54) is 4.88 Å². The minimum Gasteiger partial charge on any atom is -0.453 e. The topological polar surface area (TPSA) is 42.4 Å². The summed E-state index contributed by atoms with van der Waals surface area (Å²) in [5.41, 5.74) is 5.89. The average Bonchev–Trinajstić information content (AvgIpc) is 3.00. The van der Waals surface area contributed by atoms with Crippen molar-refractivity contribution in [3.8, 4) is 0 Å². The first-order valence-electron chi connectivity index (χ1n) is 5.84. The molecule has 0 saturated carbocycles. The highest BCUT2D eigenvalue weighted by Gasteiger charge is 2.24. The van der Waals surface area contributed by atoms with Gasteiger partial charge in [-0.05, 0) is 53.5 Å². The molecule has 0 bridgehead atoms. The molecule has 2 rings (SSSR count). The van der Waals surface area contributed by atoms with Gasteiger partial charge in [-0.1, -0.05) is 6.07 Å². The molecule has 0 aliphatic rings. The van der Waals surface area contributed by atoms with E-state index in [-0.39, 0.29) is 6.04 Å². The molecule has 2 unspecified atom stereocenters. The van der Waals surface area contributed by atoms with Gasteiger partial charge in [0, 0.05) is 17.5 Å². The van der Waals surface area contributed by atoms with E-state index in [0.717, 1.165) is 10.4 Å². The molecule has 5 heteroatoms. The molecule has 0 aliphatic heterocycles. The van der Waals surface area contributed by atoms with Gasteiger partial charge in [-0.2, -0.15) is 0 Å². The van der Waals surface area contributed by atoms with Crippen molar-refractivity contribution in [1.82, 2.24) is 4.90 Å². The first-order chi connectivity index (χ1) is 8.63. The number of furan rings is 1. The van der Waals surface area contributed by atoms with Gasteiger partial charge < -0.3 is 10.2 Å². The molecule has 98 valence electrons. The van der Waals surface area contributed by atoms with E-state index in [2.05, 4.69) is 52.3 Å². The first kappa shape index (κ1) is 13.8. The highest BCUT2D eigenvalue weighted by atomic mass is 79.9. The lowest BCUT2D eigenvalue weighted by Crippen LogP contribution is -2.32. The molecule has 2 aromatic heterocycles. The van der Waals surface area contributed by atoms with Crippen LogP contribution >= 0.6 is 27.3 Å². The normalized spacial score (nSPS) is 14.9. The Labute approximate surface area is 120 Å². The summed E-state index contributed by atoms with van der Waals surface area (Å²) in [4.78, 5) is 3.58. The number of nitrogens with two attached hydrogens (primary N) is 1. The fraction of sp³-hybridized carbons (Fsp3) is 0.385. The lowest BCUT2D eigenvalue weighted by atomic mass is 10.1. The van der Waals surface area contributed by atoms with E-state index in [0.29, 0.717) is 12.6 Å². The number of hydrogen-bond acceptors (Lipinski definition) is 4. The fourth-order valence-corrected chi connectivity index (χ4v) is 3.14. The van der Waals surface area contributed by atoms with Crippen LogP contribution in [-0.4, -0.2) is 18.5 Å². The summed E-state index contributed by atoms with van der Waals surface area (Å²) in [5.74, 6) is 0.898. The third-order valence-corrected chi connectivity index (χ3v) is 4.67. The smallest absolute Gasteiger partial charge is 0.169 e. The molecule has 2 heterocycles. The second-order valence-corrected chi connectivity index (χ2v) is 6.01. The van der Waals surface area contributed by atoms with Crippen LogP contribution in [0.3, 0.4) is 0 Å². The molecule has 0 saturated heterocycles. The van der Waals surface area contributed by atoms with Gasteiger partial charge in [0.15, 0.2) is 4.67 Å². The summed E-state index contributed by atoms with van der Waals surface area (Å²) < 4.78 is 6.37. The highest BCUT2D eigenvalue weighted by Crippen LogP contribution is 2.31. The van der Waals surface area contributed by atoms with Crippen LogP contribution in [0.2, 0.25) is 0 Å².